The highest BCUT2D eigenvalue weighted by Gasteiger charge is 2.11. The number of esters is 1. The van der Waals surface area contributed by atoms with Gasteiger partial charge in [0.1, 0.15) is 12.7 Å². The second-order valence-corrected chi connectivity index (χ2v) is 2.71. The number of carboxylic acids is 1. The van der Waals surface area contributed by atoms with Crippen LogP contribution in [0.4, 0.5) is 0 Å². The van der Waals surface area contributed by atoms with Gasteiger partial charge in [-0.05, 0) is 6.92 Å². The molecule has 0 saturated carbocycles. The number of carbonyl (C=O) groups is 2. The van der Waals surface area contributed by atoms with Gasteiger partial charge in [0.15, 0.2) is 0 Å². The molecule has 0 spiro atoms. The SMILES string of the molecule is CNOCC(C)OC(=O)CCC(=O)O. The van der Waals surface area contributed by atoms with Crippen molar-refractivity contribution in [2.75, 3.05) is 13.7 Å². The highest BCUT2D eigenvalue weighted by molar-refractivity contribution is 5.76. The average molecular weight is 205 g/mol. The van der Waals surface area contributed by atoms with Crippen molar-refractivity contribution in [2.45, 2.75) is 25.9 Å². The Morgan fingerprint density at radius 2 is 2.07 bits per heavy atom. The van der Waals surface area contributed by atoms with Gasteiger partial charge in [-0.3, -0.25) is 14.4 Å². The van der Waals surface area contributed by atoms with Crippen molar-refractivity contribution in [1.82, 2.24) is 5.48 Å². The molecule has 0 rings (SSSR count). The minimum absolute atomic E-state index is 0.112. The van der Waals surface area contributed by atoms with Crippen LogP contribution in [0.15, 0.2) is 0 Å². The number of hydrogen-bond acceptors (Lipinski definition) is 5. The van der Waals surface area contributed by atoms with E-state index in [-0.39, 0.29) is 25.6 Å². The van der Waals surface area contributed by atoms with Crippen LogP contribution >= 0.6 is 0 Å². The van der Waals surface area contributed by atoms with Crippen molar-refractivity contribution in [3.63, 3.8) is 0 Å². The number of hydroxylamine groups is 1. The number of ether oxygens (including phenoxy) is 1. The lowest BCUT2D eigenvalue weighted by Gasteiger charge is -2.12. The summed E-state index contributed by atoms with van der Waals surface area (Å²) in [5.41, 5.74) is 2.44. The van der Waals surface area contributed by atoms with Crippen LogP contribution in [-0.4, -0.2) is 36.8 Å². The Kier molecular flexibility index (Phi) is 6.69. The summed E-state index contributed by atoms with van der Waals surface area (Å²) >= 11 is 0. The lowest BCUT2D eigenvalue weighted by atomic mass is 10.3. The van der Waals surface area contributed by atoms with E-state index in [1.807, 2.05) is 0 Å². The summed E-state index contributed by atoms with van der Waals surface area (Å²) in [6, 6.07) is 0. The van der Waals surface area contributed by atoms with Crippen LogP contribution in [0.2, 0.25) is 0 Å². The third kappa shape index (κ3) is 7.51. The maximum atomic E-state index is 11.0. The molecule has 0 heterocycles. The topological polar surface area (TPSA) is 84.9 Å². The number of hydrogen-bond donors (Lipinski definition) is 2. The van der Waals surface area contributed by atoms with Crippen LogP contribution in [0.3, 0.4) is 0 Å². The summed E-state index contributed by atoms with van der Waals surface area (Å²) in [7, 11) is 1.60. The largest absolute Gasteiger partial charge is 0.481 e. The van der Waals surface area contributed by atoms with E-state index in [0.717, 1.165) is 0 Å². The first-order valence-electron chi connectivity index (χ1n) is 4.26. The fourth-order valence-electron chi connectivity index (χ4n) is 0.727. The molecule has 0 bridgehead atoms. The predicted molar refractivity (Wildman–Crippen MR) is 47.4 cm³/mol. The molecule has 2 N–H and O–H groups in total. The van der Waals surface area contributed by atoms with E-state index in [0.29, 0.717) is 0 Å². The summed E-state index contributed by atoms with van der Waals surface area (Å²) in [6.45, 7) is 1.89. The molecule has 0 aromatic heterocycles. The number of carbonyl (C=O) groups excluding carboxylic acids is 1. The highest BCUT2D eigenvalue weighted by Crippen LogP contribution is 1.98. The Balaban J connectivity index is 3.55. The van der Waals surface area contributed by atoms with Gasteiger partial charge >= 0.3 is 11.9 Å². The Morgan fingerprint density at radius 3 is 2.57 bits per heavy atom. The minimum atomic E-state index is -1.01. The van der Waals surface area contributed by atoms with Crippen molar-refractivity contribution < 1.29 is 24.3 Å². The van der Waals surface area contributed by atoms with Gasteiger partial charge in [-0.2, -0.15) is 0 Å². The molecule has 1 unspecified atom stereocenters. The van der Waals surface area contributed by atoms with Crippen molar-refractivity contribution >= 4 is 11.9 Å². The molecule has 1 atom stereocenters. The Labute approximate surface area is 82.1 Å². The number of carboxylic acid groups (broad SMARTS) is 1. The van der Waals surface area contributed by atoms with E-state index in [4.69, 9.17) is 14.7 Å². The van der Waals surface area contributed by atoms with Crippen LogP contribution in [0, 0.1) is 0 Å². The van der Waals surface area contributed by atoms with Crippen molar-refractivity contribution in [3.05, 3.63) is 0 Å². The molecule has 0 aliphatic heterocycles. The van der Waals surface area contributed by atoms with Gasteiger partial charge in [-0.25, -0.2) is 5.48 Å². The zero-order valence-electron chi connectivity index (χ0n) is 8.28. The zero-order chi connectivity index (χ0) is 11.0. The van der Waals surface area contributed by atoms with Crippen LogP contribution < -0.4 is 5.48 Å². The van der Waals surface area contributed by atoms with Crippen LogP contribution in [-0.2, 0) is 19.2 Å². The fraction of sp³-hybridized carbons (Fsp3) is 0.750. The first-order valence-corrected chi connectivity index (χ1v) is 4.26. The Morgan fingerprint density at radius 1 is 1.43 bits per heavy atom. The molecule has 0 aliphatic rings. The molecule has 0 aliphatic carbocycles. The Bertz CT molecular complexity index is 194. The molecule has 14 heavy (non-hydrogen) atoms. The van der Waals surface area contributed by atoms with Gasteiger partial charge in [0.25, 0.3) is 0 Å². The standard InChI is InChI=1S/C8H15NO5/c1-6(5-13-9-2)14-8(12)4-3-7(10)11/h6,9H,3-5H2,1-2H3,(H,10,11). The molecular weight excluding hydrogens is 190 g/mol. The molecule has 6 nitrogen and oxygen atoms in total. The van der Waals surface area contributed by atoms with Gasteiger partial charge in [-0.1, -0.05) is 0 Å². The van der Waals surface area contributed by atoms with E-state index in [9.17, 15) is 9.59 Å². The molecule has 0 aromatic carbocycles. The molecule has 0 radical (unpaired) electrons. The number of aliphatic carboxylic acids is 1. The van der Waals surface area contributed by atoms with Gasteiger partial charge in [0.2, 0.25) is 0 Å². The summed E-state index contributed by atoms with van der Waals surface area (Å²) in [5, 5.41) is 8.30. The van der Waals surface area contributed by atoms with Crippen molar-refractivity contribution in [3.8, 4) is 0 Å². The predicted octanol–water partition coefficient (Wildman–Crippen LogP) is -0.0661. The molecule has 0 aromatic rings. The lowest BCUT2D eigenvalue weighted by molar-refractivity contribution is -0.154. The molecule has 0 fully saturated rings. The van der Waals surface area contributed by atoms with Gasteiger partial charge in [-0.15, -0.1) is 0 Å². The normalized spacial score (nSPS) is 12.1. The van der Waals surface area contributed by atoms with Crippen LogP contribution in [0.25, 0.3) is 0 Å². The fourth-order valence-corrected chi connectivity index (χ4v) is 0.727. The third-order valence-corrected chi connectivity index (χ3v) is 1.34. The maximum absolute atomic E-state index is 11.0. The molecule has 0 saturated heterocycles. The maximum Gasteiger partial charge on any atom is 0.306 e. The second kappa shape index (κ2) is 7.28. The molecular formula is C8H15NO5. The quantitative estimate of drug-likeness (QED) is 0.447. The van der Waals surface area contributed by atoms with E-state index < -0.39 is 11.9 Å². The monoisotopic (exact) mass is 205 g/mol. The number of rotatable bonds is 7. The Hall–Kier alpha value is -1.14. The first kappa shape index (κ1) is 12.9. The summed E-state index contributed by atoms with van der Waals surface area (Å²) in [5.74, 6) is -1.54. The second-order valence-electron chi connectivity index (χ2n) is 2.71. The van der Waals surface area contributed by atoms with Crippen LogP contribution in [0.5, 0.6) is 0 Å². The smallest absolute Gasteiger partial charge is 0.306 e. The third-order valence-electron chi connectivity index (χ3n) is 1.34. The summed E-state index contributed by atoms with van der Waals surface area (Å²) in [6.07, 6.45) is -0.707. The van der Waals surface area contributed by atoms with Crippen molar-refractivity contribution in [2.24, 2.45) is 0 Å². The van der Waals surface area contributed by atoms with Crippen molar-refractivity contribution in [1.29, 1.82) is 0 Å². The van der Waals surface area contributed by atoms with E-state index in [1.165, 1.54) is 0 Å². The van der Waals surface area contributed by atoms with E-state index >= 15 is 0 Å². The van der Waals surface area contributed by atoms with Crippen LogP contribution in [0.1, 0.15) is 19.8 Å². The lowest BCUT2D eigenvalue weighted by Crippen LogP contribution is -2.23. The van der Waals surface area contributed by atoms with Gasteiger partial charge in [0.05, 0.1) is 12.8 Å². The zero-order valence-corrected chi connectivity index (χ0v) is 8.28. The van der Waals surface area contributed by atoms with E-state index in [1.54, 1.807) is 14.0 Å². The van der Waals surface area contributed by atoms with Gasteiger partial charge < -0.3 is 9.84 Å². The average Bonchev–Trinajstić information content (AvgIpc) is 2.11. The van der Waals surface area contributed by atoms with Gasteiger partial charge in [0, 0.05) is 7.05 Å². The van der Waals surface area contributed by atoms with E-state index in [2.05, 4.69) is 5.48 Å². The minimum Gasteiger partial charge on any atom is -0.481 e. The molecule has 82 valence electrons. The summed E-state index contributed by atoms with van der Waals surface area (Å²) < 4.78 is 4.84. The molecule has 6 heteroatoms. The number of nitrogens with one attached hydrogen (secondary N) is 1. The first-order chi connectivity index (χ1) is 6.56. The molecule has 0 amide bonds. The highest BCUT2D eigenvalue weighted by atomic mass is 16.7. The summed E-state index contributed by atoms with van der Waals surface area (Å²) in [4.78, 5) is 25.9.